The summed E-state index contributed by atoms with van der Waals surface area (Å²) >= 11 is 0. The van der Waals surface area contributed by atoms with E-state index in [1.165, 1.54) is 6.07 Å². The molecule has 0 radical (unpaired) electrons. The zero-order valence-electron chi connectivity index (χ0n) is 11.3. The van der Waals surface area contributed by atoms with Gasteiger partial charge in [-0.2, -0.15) is 0 Å². The van der Waals surface area contributed by atoms with Crippen molar-refractivity contribution in [1.82, 2.24) is 0 Å². The lowest BCUT2D eigenvalue weighted by atomic mass is 9.88. The van der Waals surface area contributed by atoms with E-state index in [1.807, 2.05) is 6.07 Å². The van der Waals surface area contributed by atoms with Gasteiger partial charge in [0.05, 0.1) is 10.6 Å². The predicted octanol–water partition coefficient (Wildman–Crippen LogP) is 2.36. The third-order valence-electron chi connectivity index (χ3n) is 3.98. The van der Waals surface area contributed by atoms with E-state index in [0.717, 1.165) is 25.2 Å². The minimum atomic E-state index is -0.389. The number of nitrogen functional groups attached to an aromatic ring is 1. The molecule has 1 aromatic carbocycles. The Hall–Kier alpha value is -1.82. The van der Waals surface area contributed by atoms with Crippen LogP contribution in [0.1, 0.15) is 20.3 Å². The fourth-order valence-corrected chi connectivity index (χ4v) is 2.46. The van der Waals surface area contributed by atoms with Crippen molar-refractivity contribution in [1.29, 1.82) is 0 Å². The van der Waals surface area contributed by atoms with Crippen LogP contribution in [0.15, 0.2) is 18.2 Å². The molecule has 3 N–H and O–H groups in total. The first-order valence-corrected chi connectivity index (χ1v) is 6.52. The molecule has 2 atom stereocenters. The summed E-state index contributed by atoms with van der Waals surface area (Å²) in [6.07, 6.45) is 1.11. The van der Waals surface area contributed by atoms with Gasteiger partial charge in [-0.25, -0.2) is 0 Å². The Balaban J connectivity index is 2.28. The van der Waals surface area contributed by atoms with E-state index in [-0.39, 0.29) is 10.6 Å². The third-order valence-corrected chi connectivity index (χ3v) is 3.98. The predicted molar refractivity (Wildman–Crippen MR) is 76.1 cm³/mol. The molecule has 104 valence electrons. The largest absolute Gasteiger partial charge is 0.371 e. The van der Waals surface area contributed by atoms with Gasteiger partial charge in [-0.3, -0.25) is 16.0 Å². The number of non-ortho nitro benzene ring substituents is 1. The standard InChI is InChI=1S/C13H20N4O2/c1-9-3-4-16(8-10(9)2)12-5-11(15-14)6-13(7-12)17(18)19/h5-7,9-10,15H,3-4,8,14H2,1-2H3. The highest BCUT2D eigenvalue weighted by Crippen LogP contribution is 2.31. The van der Waals surface area contributed by atoms with Crippen molar-refractivity contribution in [3.8, 4) is 0 Å². The first-order valence-electron chi connectivity index (χ1n) is 6.52. The van der Waals surface area contributed by atoms with Crippen molar-refractivity contribution in [2.45, 2.75) is 20.3 Å². The quantitative estimate of drug-likeness (QED) is 0.497. The van der Waals surface area contributed by atoms with Crippen LogP contribution in [0.3, 0.4) is 0 Å². The number of benzene rings is 1. The lowest BCUT2D eigenvalue weighted by Gasteiger charge is -2.36. The van der Waals surface area contributed by atoms with Crippen LogP contribution in [-0.2, 0) is 0 Å². The van der Waals surface area contributed by atoms with Crippen molar-refractivity contribution in [2.75, 3.05) is 23.4 Å². The molecule has 0 bridgehead atoms. The van der Waals surface area contributed by atoms with E-state index < -0.39 is 0 Å². The Morgan fingerprint density at radius 3 is 2.68 bits per heavy atom. The number of hydrazine groups is 1. The molecule has 6 heteroatoms. The smallest absolute Gasteiger partial charge is 0.273 e. The van der Waals surface area contributed by atoms with Crippen LogP contribution in [0.2, 0.25) is 0 Å². The average molecular weight is 264 g/mol. The normalized spacial score (nSPS) is 23.2. The van der Waals surface area contributed by atoms with E-state index in [0.29, 0.717) is 17.5 Å². The molecule has 0 saturated carbocycles. The van der Waals surface area contributed by atoms with Crippen LogP contribution >= 0.6 is 0 Å². The Bertz CT molecular complexity index is 478. The molecule has 0 aromatic heterocycles. The van der Waals surface area contributed by atoms with E-state index >= 15 is 0 Å². The Kier molecular flexibility index (Phi) is 3.90. The molecule has 19 heavy (non-hydrogen) atoms. The highest BCUT2D eigenvalue weighted by atomic mass is 16.6. The molecular weight excluding hydrogens is 244 g/mol. The van der Waals surface area contributed by atoms with Gasteiger partial charge in [-0.15, -0.1) is 0 Å². The molecule has 1 aliphatic rings. The molecule has 2 unspecified atom stereocenters. The SMILES string of the molecule is CC1CCN(c2cc(NN)cc([N+](=O)[O-])c2)CC1C. The van der Waals surface area contributed by atoms with Gasteiger partial charge < -0.3 is 10.3 Å². The summed E-state index contributed by atoms with van der Waals surface area (Å²) < 4.78 is 0. The van der Waals surface area contributed by atoms with Crippen LogP contribution in [0.4, 0.5) is 17.1 Å². The van der Waals surface area contributed by atoms with Gasteiger partial charge in [0.15, 0.2) is 0 Å². The molecule has 1 fully saturated rings. The maximum Gasteiger partial charge on any atom is 0.273 e. The van der Waals surface area contributed by atoms with Crippen molar-refractivity contribution in [3.63, 3.8) is 0 Å². The highest BCUT2D eigenvalue weighted by Gasteiger charge is 2.24. The van der Waals surface area contributed by atoms with Gasteiger partial charge in [-0.05, 0) is 24.3 Å². The van der Waals surface area contributed by atoms with E-state index in [1.54, 1.807) is 6.07 Å². The number of nitrogens with one attached hydrogen (secondary N) is 1. The molecule has 1 aliphatic heterocycles. The number of nitro groups is 1. The Morgan fingerprint density at radius 1 is 1.37 bits per heavy atom. The van der Waals surface area contributed by atoms with Gasteiger partial charge >= 0.3 is 0 Å². The van der Waals surface area contributed by atoms with Crippen LogP contribution in [0, 0.1) is 22.0 Å². The Labute approximate surface area is 112 Å². The number of nitro benzene ring substituents is 1. The fourth-order valence-electron chi connectivity index (χ4n) is 2.46. The minimum Gasteiger partial charge on any atom is -0.371 e. The summed E-state index contributed by atoms with van der Waals surface area (Å²) in [6, 6.07) is 4.92. The minimum absolute atomic E-state index is 0.0664. The lowest BCUT2D eigenvalue weighted by Crippen LogP contribution is -2.38. The molecule has 1 saturated heterocycles. The van der Waals surface area contributed by atoms with Crippen LogP contribution in [0.25, 0.3) is 0 Å². The maximum atomic E-state index is 10.9. The monoisotopic (exact) mass is 264 g/mol. The number of hydrogen-bond acceptors (Lipinski definition) is 5. The number of nitrogens with two attached hydrogens (primary N) is 1. The van der Waals surface area contributed by atoms with E-state index in [9.17, 15) is 10.1 Å². The second kappa shape index (κ2) is 5.44. The van der Waals surface area contributed by atoms with Crippen molar-refractivity contribution < 1.29 is 4.92 Å². The summed E-state index contributed by atoms with van der Waals surface area (Å²) in [5.41, 5.74) is 3.98. The van der Waals surface area contributed by atoms with Gasteiger partial charge in [0.2, 0.25) is 0 Å². The summed E-state index contributed by atoms with van der Waals surface area (Å²) in [4.78, 5) is 12.7. The molecule has 1 aromatic rings. The molecule has 0 spiro atoms. The molecule has 2 rings (SSSR count). The van der Waals surface area contributed by atoms with Gasteiger partial charge in [0.1, 0.15) is 0 Å². The Morgan fingerprint density at radius 2 is 2.11 bits per heavy atom. The summed E-state index contributed by atoms with van der Waals surface area (Å²) in [6.45, 7) is 6.32. The van der Waals surface area contributed by atoms with Crippen LogP contribution in [-0.4, -0.2) is 18.0 Å². The van der Waals surface area contributed by atoms with E-state index in [4.69, 9.17) is 5.84 Å². The van der Waals surface area contributed by atoms with Crippen molar-refractivity contribution >= 4 is 17.1 Å². The highest BCUT2D eigenvalue weighted by molar-refractivity contribution is 5.64. The number of piperidine rings is 1. The number of hydrogen-bond donors (Lipinski definition) is 2. The molecule has 6 nitrogen and oxygen atoms in total. The molecule has 0 amide bonds. The second-order valence-corrected chi connectivity index (χ2v) is 5.33. The summed E-state index contributed by atoms with van der Waals surface area (Å²) in [7, 11) is 0. The number of anilines is 2. The topological polar surface area (TPSA) is 84.4 Å². The second-order valence-electron chi connectivity index (χ2n) is 5.33. The van der Waals surface area contributed by atoms with Crippen LogP contribution in [0.5, 0.6) is 0 Å². The zero-order valence-corrected chi connectivity index (χ0v) is 11.3. The van der Waals surface area contributed by atoms with Gasteiger partial charge in [0, 0.05) is 30.9 Å². The summed E-state index contributed by atoms with van der Waals surface area (Å²) in [5, 5.41) is 10.9. The van der Waals surface area contributed by atoms with Crippen molar-refractivity contribution in [2.24, 2.45) is 17.7 Å². The number of nitrogens with zero attached hydrogens (tertiary/aromatic N) is 2. The zero-order chi connectivity index (χ0) is 14.0. The summed E-state index contributed by atoms with van der Waals surface area (Å²) in [5.74, 6) is 6.66. The maximum absolute atomic E-state index is 10.9. The lowest BCUT2D eigenvalue weighted by molar-refractivity contribution is -0.384. The fraction of sp³-hybridized carbons (Fsp3) is 0.538. The first kappa shape index (κ1) is 13.6. The molecular formula is C13H20N4O2. The molecule has 1 heterocycles. The third kappa shape index (κ3) is 2.96. The average Bonchev–Trinajstić information content (AvgIpc) is 2.41. The van der Waals surface area contributed by atoms with E-state index in [2.05, 4.69) is 24.2 Å². The van der Waals surface area contributed by atoms with Gasteiger partial charge in [0.25, 0.3) is 5.69 Å². The number of rotatable bonds is 3. The first-order chi connectivity index (χ1) is 9.01. The van der Waals surface area contributed by atoms with Gasteiger partial charge in [-0.1, -0.05) is 13.8 Å². The van der Waals surface area contributed by atoms with Crippen molar-refractivity contribution in [3.05, 3.63) is 28.3 Å². The van der Waals surface area contributed by atoms with Crippen LogP contribution < -0.4 is 16.2 Å². The molecule has 0 aliphatic carbocycles.